The van der Waals surface area contributed by atoms with Crippen molar-refractivity contribution in [3.63, 3.8) is 0 Å². The number of benzene rings is 1. The molecule has 0 aliphatic heterocycles. The molecule has 0 fully saturated rings. The number of carboxylic acids is 1. The summed E-state index contributed by atoms with van der Waals surface area (Å²) in [5.41, 5.74) is 0.976. The number of aliphatic carboxylic acids is 1. The number of hydrogen-bond donors (Lipinski definition) is 1. The molecule has 1 heterocycles. The maximum Gasteiger partial charge on any atom is 0.327 e. The molecule has 0 amide bonds. The maximum atomic E-state index is 10.5. The number of rotatable bonds is 5. The summed E-state index contributed by atoms with van der Waals surface area (Å²) in [7, 11) is 1.60. The normalized spacial score (nSPS) is 10.3. The standard InChI is InChI=1S/C11H12N4O3/c1-18-9-4-2-3-8(5-9)6-10-12-14-15(13-10)7-11(16)17/h2-5H,6-7H2,1H3,(H,16,17). The van der Waals surface area contributed by atoms with Gasteiger partial charge < -0.3 is 9.84 Å². The van der Waals surface area contributed by atoms with Crippen LogP contribution >= 0.6 is 0 Å². The molecule has 0 spiro atoms. The minimum Gasteiger partial charge on any atom is -0.497 e. The van der Waals surface area contributed by atoms with Gasteiger partial charge in [0.2, 0.25) is 0 Å². The molecular weight excluding hydrogens is 236 g/mol. The van der Waals surface area contributed by atoms with E-state index in [4.69, 9.17) is 9.84 Å². The third-order valence-corrected chi connectivity index (χ3v) is 2.27. The van der Waals surface area contributed by atoms with E-state index >= 15 is 0 Å². The highest BCUT2D eigenvalue weighted by atomic mass is 16.5. The zero-order valence-electron chi connectivity index (χ0n) is 9.78. The monoisotopic (exact) mass is 248 g/mol. The van der Waals surface area contributed by atoms with E-state index in [0.29, 0.717) is 12.2 Å². The van der Waals surface area contributed by atoms with Crippen molar-refractivity contribution in [1.82, 2.24) is 20.2 Å². The summed E-state index contributed by atoms with van der Waals surface area (Å²) in [5, 5.41) is 20.0. The minimum atomic E-state index is -1.000. The van der Waals surface area contributed by atoms with Crippen molar-refractivity contribution in [1.29, 1.82) is 0 Å². The van der Waals surface area contributed by atoms with E-state index in [1.54, 1.807) is 7.11 Å². The van der Waals surface area contributed by atoms with E-state index in [2.05, 4.69) is 15.4 Å². The van der Waals surface area contributed by atoms with Gasteiger partial charge in [0.15, 0.2) is 12.4 Å². The van der Waals surface area contributed by atoms with Crippen LogP contribution in [0.2, 0.25) is 0 Å². The average molecular weight is 248 g/mol. The molecule has 0 saturated heterocycles. The fourth-order valence-electron chi connectivity index (χ4n) is 1.50. The lowest BCUT2D eigenvalue weighted by atomic mass is 10.1. The number of aromatic nitrogens is 4. The Hall–Kier alpha value is -2.44. The highest BCUT2D eigenvalue weighted by Crippen LogP contribution is 2.14. The second-order valence-electron chi connectivity index (χ2n) is 3.66. The molecule has 7 heteroatoms. The lowest BCUT2D eigenvalue weighted by Crippen LogP contribution is -2.11. The van der Waals surface area contributed by atoms with Gasteiger partial charge >= 0.3 is 5.97 Å². The number of methoxy groups -OCH3 is 1. The van der Waals surface area contributed by atoms with Crippen LogP contribution in [0.5, 0.6) is 5.75 Å². The Bertz CT molecular complexity index is 553. The number of carboxylic acid groups (broad SMARTS) is 1. The van der Waals surface area contributed by atoms with Crippen LogP contribution in [-0.2, 0) is 17.8 Å². The molecule has 18 heavy (non-hydrogen) atoms. The van der Waals surface area contributed by atoms with Gasteiger partial charge in [0, 0.05) is 6.42 Å². The quantitative estimate of drug-likeness (QED) is 0.821. The van der Waals surface area contributed by atoms with Gasteiger partial charge in [-0.15, -0.1) is 10.2 Å². The Morgan fingerprint density at radius 3 is 3.06 bits per heavy atom. The van der Waals surface area contributed by atoms with E-state index in [9.17, 15) is 4.79 Å². The maximum absolute atomic E-state index is 10.5. The van der Waals surface area contributed by atoms with Crippen LogP contribution in [0.15, 0.2) is 24.3 Å². The fraction of sp³-hybridized carbons (Fsp3) is 0.273. The predicted octanol–water partition coefficient (Wildman–Crippen LogP) is 0.357. The summed E-state index contributed by atoms with van der Waals surface area (Å²) in [4.78, 5) is 11.5. The SMILES string of the molecule is COc1cccc(Cc2nnn(CC(=O)O)n2)c1. The third-order valence-electron chi connectivity index (χ3n) is 2.27. The van der Waals surface area contributed by atoms with Crippen LogP contribution in [0.25, 0.3) is 0 Å². The van der Waals surface area contributed by atoms with E-state index in [-0.39, 0.29) is 6.54 Å². The highest BCUT2D eigenvalue weighted by molar-refractivity contribution is 5.66. The van der Waals surface area contributed by atoms with Crippen LogP contribution in [0, 0.1) is 0 Å². The molecule has 1 N–H and O–H groups in total. The van der Waals surface area contributed by atoms with Gasteiger partial charge in [-0.2, -0.15) is 4.80 Å². The van der Waals surface area contributed by atoms with Gasteiger partial charge in [0.1, 0.15) is 5.75 Å². The Kier molecular flexibility index (Phi) is 3.52. The summed E-state index contributed by atoms with van der Waals surface area (Å²) >= 11 is 0. The third kappa shape index (κ3) is 3.03. The van der Waals surface area contributed by atoms with Crippen molar-refractivity contribution in [2.45, 2.75) is 13.0 Å². The van der Waals surface area contributed by atoms with Gasteiger partial charge in [0.25, 0.3) is 0 Å². The minimum absolute atomic E-state index is 0.287. The van der Waals surface area contributed by atoms with Crippen LogP contribution in [-0.4, -0.2) is 38.4 Å². The smallest absolute Gasteiger partial charge is 0.327 e. The topological polar surface area (TPSA) is 90.1 Å². The number of tetrazole rings is 1. The number of carbonyl (C=O) groups is 1. The van der Waals surface area contributed by atoms with E-state index in [0.717, 1.165) is 16.1 Å². The van der Waals surface area contributed by atoms with Gasteiger partial charge in [0.05, 0.1) is 7.11 Å². The Balaban J connectivity index is 2.08. The summed E-state index contributed by atoms with van der Waals surface area (Å²) < 4.78 is 5.11. The van der Waals surface area contributed by atoms with Crippen molar-refractivity contribution in [3.8, 4) is 5.75 Å². The first-order valence-electron chi connectivity index (χ1n) is 5.29. The van der Waals surface area contributed by atoms with Crippen molar-refractivity contribution in [2.75, 3.05) is 7.11 Å². The average Bonchev–Trinajstić information content (AvgIpc) is 2.76. The molecule has 0 aliphatic rings. The van der Waals surface area contributed by atoms with Gasteiger partial charge in [-0.3, -0.25) is 4.79 Å². The number of nitrogens with zero attached hydrogens (tertiary/aromatic N) is 4. The molecule has 7 nitrogen and oxygen atoms in total. The summed E-state index contributed by atoms with van der Waals surface area (Å²) in [5.74, 6) is 0.232. The Labute approximate surface area is 103 Å². The molecule has 0 radical (unpaired) electrons. The van der Waals surface area contributed by atoms with Gasteiger partial charge in [-0.25, -0.2) is 0 Å². The fourth-order valence-corrected chi connectivity index (χ4v) is 1.50. The molecule has 1 aromatic carbocycles. The van der Waals surface area contributed by atoms with E-state index in [1.807, 2.05) is 24.3 Å². The van der Waals surface area contributed by atoms with Crippen LogP contribution in [0.4, 0.5) is 0 Å². The molecular formula is C11H12N4O3. The lowest BCUT2D eigenvalue weighted by Gasteiger charge is -2.01. The Morgan fingerprint density at radius 2 is 2.33 bits per heavy atom. The van der Waals surface area contributed by atoms with E-state index in [1.165, 1.54) is 0 Å². The zero-order valence-corrected chi connectivity index (χ0v) is 9.78. The molecule has 0 unspecified atom stereocenters. The number of hydrogen-bond acceptors (Lipinski definition) is 5. The molecule has 0 atom stereocenters. The zero-order chi connectivity index (χ0) is 13.0. The van der Waals surface area contributed by atoms with Crippen LogP contribution < -0.4 is 4.74 Å². The summed E-state index contributed by atoms with van der Waals surface area (Å²) in [6.07, 6.45) is 0.483. The number of ether oxygens (including phenoxy) is 1. The highest BCUT2D eigenvalue weighted by Gasteiger charge is 2.07. The van der Waals surface area contributed by atoms with E-state index < -0.39 is 5.97 Å². The van der Waals surface area contributed by atoms with Crippen molar-refractivity contribution in [3.05, 3.63) is 35.7 Å². The molecule has 0 bridgehead atoms. The second kappa shape index (κ2) is 5.26. The van der Waals surface area contributed by atoms with Crippen molar-refractivity contribution >= 4 is 5.97 Å². The Morgan fingerprint density at radius 1 is 1.50 bits per heavy atom. The first-order valence-corrected chi connectivity index (χ1v) is 5.29. The first kappa shape index (κ1) is 12.0. The van der Waals surface area contributed by atoms with Crippen molar-refractivity contribution < 1.29 is 14.6 Å². The van der Waals surface area contributed by atoms with Crippen LogP contribution in [0.1, 0.15) is 11.4 Å². The summed E-state index contributed by atoms with van der Waals surface area (Å²) in [6.45, 7) is -0.287. The van der Waals surface area contributed by atoms with Gasteiger partial charge in [-0.05, 0) is 22.9 Å². The second-order valence-corrected chi connectivity index (χ2v) is 3.66. The molecule has 2 rings (SSSR count). The largest absolute Gasteiger partial charge is 0.497 e. The first-order chi connectivity index (χ1) is 8.67. The summed E-state index contributed by atoms with van der Waals surface area (Å²) in [6, 6.07) is 7.51. The molecule has 0 aliphatic carbocycles. The molecule has 2 aromatic rings. The molecule has 0 saturated carbocycles. The lowest BCUT2D eigenvalue weighted by molar-refractivity contribution is -0.138. The molecule has 94 valence electrons. The predicted molar refractivity (Wildman–Crippen MR) is 61.3 cm³/mol. The van der Waals surface area contributed by atoms with Crippen LogP contribution in [0.3, 0.4) is 0 Å². The van der Waals surface area contributed by atoms with Crippen molar-refractivity contribution in [2.24, 2.45) is 0 Å². The molecule has 1 aromatic heterocycles. The van der Waals surface area contributed by atoms with Gasteiger partial charge in [-0.1, -0.05) is 12.1 Å².